The fourth-order valence-electron chi connectivity index (χ4n) is 2.26. The molecule has 0 aromatic heterocycles. The van der Waals surface area contributed by atoms with Gasteiger partial charge in [0.15, 0.2) is 0 Å². The fourth-order valence-corrected chi connectivity index (χ4v) is 3.21. The average molecular weight is 415 g/mol. The molecule has 0 fully saturated rings. The SMILES string of the molecule is [2H][C@@](C)(N[S@](=O)C(C)(C)C)c1cc(F)cc(Cl)c1COc1ccc(OC)cc1. The Hall–Kier alpha value is -1.63. The molecule has 0 radical (unpaired) electrons. The van der Waals surface area contributed by atoms with E-state index in [0.717, 1.165) is 0 Å². The first-order chi connectivity index (χ1) is 12.9. The van der Waals surface area contributed by atoms with Crippen molar-refractivity contribution < 1.29 is 19.4 Å². The zero-order chi connectivity index (χ0) is 21.1. The normalized spacial score (nSPS) is 15.6. The molecule has 2 rings (SSSR count). The van der Waals surface area contributed by atoms with Crippen LogP contribution in [0, 0.1) is 5.82 Å². The highest BCUT2D eigenvalue weighted by molar-refractivity contribution is 7.84. The third kappa shape index (κ3) is 5.92. The Bertz CT molecular complexity index is 854. The maximum absolute atomic E-state index is 14.0. The van der Waals surface area contributed by atoms with Crippen molar-refractivity contribution in [2.45, 2.75) is 45.1 Å². The molecule has 2 aromatic rings. The highest BCUT2D eigenvalue weighted by atomic mass is 35.5. The Labute approximate surface area is 169 Å². The van der Waals surface area contributed by atoms with E-state index in [1.54, 1.807) is 52.1 Å². The monoisotopic (exact) mass is 414 g/mol. The molecule has 2 atom stereocenters. The van der Waals surface area contributed by atoms with E-state index in [1.807, 2.05) is 0 Å². The van der Waals surface area contributed by atoms with Crippen molar-refractivity contribution in [3.8, 4) is 11.5 Å². The summed E-state index contributed by atoms with van der Waals surface area (Å²) >= 11 is 6.25. The van der Waals surface area contributed by atoms with Crippen LogP contribution in [0.3, 0.4) is 0 Å². The number of rotatable bonds is 7. The van der Waals surface area contributed by atoms with Crippen LogP contribution in [0.25, 0.3) is 0 Å². The molecule has 0 amide bonds. The van der Waals surface area contributed by atoms with Crippen molar-refractivity contribution in [3.63, 3.8) is 0 Å². The van der Waals surface area contributed by atoms with E-state index >= 15 is 0 Å². The molecule has 0 saturated carbocycles. The molecule has 0 bridgehead atoms. The smallest absolute Gasteiger partial charge is 0.125 e. The summed E-state index contributed by atoms with van der Waals surface area (Å²) < 4.78 is 48.2. The first-order valence-corrected chi connectivity index (χ1v) is 9.92. The van der Waals surface area contributed by atoms with E-state index in [4.69, 9.17) is 22.4 Å². The third-order valence-electron chi connectivity index (χ3n) is 3.81. The number of halogens is 2. The Kier molecular flexibility index (Phi) is 6.73. The van der Waals surface area contributed by atoms with Gasteiger partial charge in [0.05, 0.1) is 29.2 Å². The van der Waals surface area contributed by atoms with Gasteiger partial charge in [-0.15, -0.1) is 0 Å². The van der Waals surface area contributed by atoms with Crippen LogP contribution in [0.15, 0.2) is 36.4 Å². The second-order valence-corrected chi connectivity index (χ2v) is 9.36. The standard InChI is InChI=1S/C20H25ClFNO3S/c1-13(23-27(24)20(2,3)4)17-10-14(22)11-19(21)18(17)12-26-16-8-6-15(25-5)7-9-16/h6-11,13,23H,12H2,1-5H3/t13-,27+/m0/s1/i13D. The van der Waals surface area contributed by atoms with Gasteiger partial charge >= 0.3 is 0 Å². The molecule has 2 aromatic carbocycles. The van der Waals surface area contributed by atoms with E-state index in [0.29, 0.717) is 17.1 Å². The van der Waals surface area contributed by atoms with Gasteiger partial charge in [0, 0.05) is 11.6 Å². The predicted octanol–water partition coefficient (Wildman–Crippen LogP) is 5.18. The molecule has 0 aliphatic carbocycles. The van der Waals surface area contributed by atoms with Gasteiger partial charge in [0.1, 0.15) is 23.9 Å². The van der Waals surface area contributed by atoms with Crippen molar-refractivity contribution in [2.24, 2.45) is 0 Å². The predicted molar refractivity (Wildman–Crippen MR) is 108 cm³/mol. The summed E-state index contributed by atoms with van der Waals surface area (Å²) in [7, 11) is 0.0433. The molecular formula is C20H25ClFNO3S. The number of hydrogen-bond donors (Lipinski definition) is 1. The summed E-state index contributed by atoms with van der Waals surface area (Å²) in [6, 6.07) is 7.84. The lowest BCUT2D eigenvalue weighted by atomic mass is 10.0. The lowest BCUT2D eigenvalue weighted by Crippen LogP contribution is -2.35. The third-order valence-corrected chi connectivity index (χ3v) is 5.75. The first-order valence-electron chi connectivity index (χ1n) is 8.89. The molecule has 148 valence electrons. The van der Waals surface area contributed by atoms with E-state index < -0.39 is 27.6 Å². The summed E-state index contributed by atoms with van der Waals surface area (Å²) in [5, 5.41) is 0.144. The molecule has 7 heteroatoms. The van der Waals surface area contributed by atoms with Crippen LogP contribution in [-0.4, -0.2) is 16.1 Å². The van der Waals surface area contributed by atoms with E-state index in [1.165, 1.54) is 19.1 Å². The summed E-state index contributed by atoms with van der Waals surface area (Å²) in [6.45, 7) is 6.91. The van der Waals surface area contributed by atoms with Gasteiger partial charge in [-0.2, -0.15) is 0 Å². The Balaban J connectivity index is 2.32. The highest BCUT2D eigenvalue weighted by Crippen LogP contribution is 2.29. The largest absolute Gasteiger partial charge is 0.497 e. The topological polar surface area (TPSA) is 47.6 Å². The van der Waals surface area contributed by atoms with Crippen molar-refractivity contribution >= 4 is 22.6 Å². The van der Waals surface area contributed by atoms with Crippen LogP contribution in [0.2, 0.25) is 5.02 Å². The summed E-state index contributed by atoms with van der Waals surface area (Å²) in [4.78, 5) is 0. The Morgan fingerprint density at radius 3 is 2.41 bits per heavy atom. The Morgan fingerprint density at radius 2 is 1.85 bits per heavy atom. The molecule has 27 heavy (non-hydrogen) atoms. The maximum atomic E-state index is 14.0. The molecule has 0 aliphatic heterocycles. The van der Waals surface area contributed by atoms with Gasteiger partial charge in [-0.1, -0.05) is 11.6 Å². The molecule has 1 N–H and O–H groups in total. The first kappa shape index (κ1) is 20.1. The summed E-state index contributed by atoms with van der Waals surface area (Å²) in [5.74, 6) is 0.695. The highest BCUT2D eigenvalue weighted by Gasteiger charge is 2.24. The fraction of sp³-hybridized carbons (Fsp3) is 0.400. The molecule has 0 heterocycles. The lowest BCUT2D eigenvalue weighted by molar-refractivity contribution is 0.303. The minimum absolute atomic E-state index is 0.0269. The van der Waals surface area contributed by atoms with Crippen LogP contribution in [-0.2, 0) is 17.6 Å². The quantitative estimate of drug-likeness (QED) is 0.679. The molecule has 0 aliphatic rings. The van der Waals surface area contributed by atoms with Crippen LogP contribution in [0.5, 0.6) is 11.5 Å². The van der Waals surface area contributed by atoms with Crippen molar-refractivity contribution in [2.75, 3.05) is 7.11 Å². The number of ether oxygens (including phenoxy) is 2. The van der Waals surface area contributed by atoms with Crippen LogP contribution in [0.4, 0.5) is 4.39 Å². The van der Waals surface area contributed by atoms with Gasteiger partial charge < -0.3 is 9.47 Å². The number of hydrogen-bond acceptors (Lipinski definition) is 3. The lowest BCUT2D eigenvalue weighted by Gasteiger charge is -2.24. The second kappa shape index (κ2) is 9.04. The number of methoxy groups -OCH3 is 1. The van der Waals surface area contributed by atoms with Crippen molar-refractivity contribution in [1.82, 2.24) is 4.72 Å². The number of nitrogens with one attached hydrogen (secondary N) is 1. The average Bonchev–Trinajstić information content (AvgIpc) is 2.59. The zero-order valence-electron chi connectivity index (χ0n) is 17.1. The maximum Gasteiger partial charge on any atom is 0.125 e. The zero-order valence-corrected chi connectivity index (χ0v) is 17.6. The second-order valence-electron chi connectivity index (χ2n) is 6.99. The molecule has 4 nitrogen and oxygen atoms in total. The van der Waals surface area contributed by atoms with E-state index in [-0.39, 0.29) is 17.2 Å². The summed E-state index contributed by atoms with van der Waals surface area (Å²) in [5.41, 5.74) is 0.721. The van der Waals surface area contributed by atoms with Gasteiger partial charge in [-0.05, 0) is 69.7 Å². The van der Waals surface area contributed by atoms with E-state index in [9.17, 15) is 8.60 Å². The van der Waals surface area contributed by atoms with Crippen LogP contribution < -0.4 is 14.2 Å². The molecule has 0 saturated heterocycles. The van der Waals surface area contributed by atoms with Gasteiger partial charge in [-0.3, -0.25) is 0 Å². The molecule has 0 spiro atoms. The molecule has 0 unspecified atom stereocenters. The van der Waals surface area contributed by atoms with Gasteiger partial charge in [-0.25, -0.2) is 13.3 Å². The minimum Gasteiger partial charge on any atom is -0.497 e. The summed E-state index contributed by atoms with van der Waals surface area (Å²) in [6.07, 6.45) is 0. The van der Waals surface area contributed by atoms with E-state index in [2.05, 4.69) is 4.72 Å². The van der Waals surface area contributed by atoms with Crippen molar-refractivity contribution in [3.05, 3.63) is 58.4 Å². The van der Waals surface area contributed by atoms with Gasteiger partial charge in [0.2, 0.25) is 0 Å². The van der Waals surface area contributed by atoms with Gasteiger partial charge in [0.25, 0.3) is 0 Å². The van der Waals surface area contributed by atoms with Crippen molar-refractivity contribution in [1.29, 1.82) is 0 Å². The number of benzene rings is 2. The Morgan fingerprint density at radius 1 is 1.26 bits per heavy atom. The minimum atomic E-state index is -1.54. The van der Waals surface area contributed by atoms with Crippen LogP contribution >= 0.6 is 11.6 Å². The molecular weight excluding hydrogens is 389 g/mol. The van der Waals surface area contributed by atoms with Crippen LogP contribution in [0.1, 0.15) is 46.2 Å².